The van der Waals surface area contributed by atoms with Crippen LogP contribution in [0.5, 0.6) is 0 Å². The molecule has 20 heavy (non-hydrogen) atoms. The summed E-state index contributed by atoms with van der Waals surface area (Å²) in [5, 5.41) is 3.02. The molecular formula is C17H20N2O. The first kappa shape index (κ1) is 14.1. The fourth-order valence-electron chi connectivity index (χ4n) is 2.17. The summed E-state index contributed by atoms with van der Waals surface area (Å²) in [4.78, 5) is 12.0. The second kappa shape index (κ2) is 6.75. The Hall–Kier alpha value is -2.29. The maximum atomic E-state index is 12.0. The molecule has 1 unspecified atom stereocenters. The Labute approximate surface area is 119 Å². The molecule has 0 saturated heterocycles. The van der Waals surface area contributed by atoms with Crippen LogP contribution in [-0.2, 0) is 17.6 Å². The Kier molecular flexibility index (Phi) is 4.77. The zero-order valence-electron chi connectivity index (χ0n) is 11.7. The minimum absolute atomic E-state index is 0.0400. The summed E-state index contributed by atoms with van der Waals surface area (Å²) in [5.74, 6) is 0.0400. The maximum absolute atomic E-state index is 12.0. The lowest BCUT2D eigenvalue weighted by atomic mass is 10.1. The van der Waals surface area contributed by atoms with E-state index in [2.05, 4.69) is 17.4 Å². The zero-order valence-corrected chi connectivity index (χ0v) is 11.7. The number of carbonyl (C=O) groups is 1. The Morgan fingerprint density at radius 3 is 2.35 bits per heavy atom. The molecule has 0 spiro atoms. The van der Waals surface area contributed by atoms with Crippen molar-refractivity contribution in [2.24, 2.45) is 0 Å². The molecule has 0 aromatic heterocycles. The van der Waals surface area contributed by atoms with Gasteiger partial charge in [-0.3, -0.25) is 4.79 Å². The van der Waals surface area contributed by atoms with E-state index >= 15 is 0 Å². The summed E-state index contributed by atoms with van der Waals surface area (Å²) in [6.45, 7) is 2.02. The molecule has 0 aliphatic carbocycles. The average Bonchev–Trinajstić information content (AvgIpc) is 2.42. The molecule has 1 atom stereocenters. The van der Waals surface area contributed by atoms with Gasteiger partial charge in [0, 0.05) is 11.7 Å². The molecule has 0 radical (unpaired) electrons. The van der Waals surface area contributed by atoms with Crippen molar-refractivity contribution in [3.63, 3.8) is 0 Å². The van der Waals surface area contributed by atoms with E-state index in [1.54, 1.807) is 0 Å². The van der Waals surface area contributed by atoms with Crippen molar-refractivity contribution in [2.45, 2.75) is 25.8 Å². The fraction of sp³-hybridized carbons (Fsp3) is 0.235. The highest BCUT2D eigenvalue weighted by Crippen LogP contribution is 2.07. The zero-order chi connectivity index (χ0) is 14.4. The smallest absolute Gasteiger partial charge is 0.224 e. The van der Waals surface area contributed by atoms with Crippen LogP contribution in [0, 0.1) is 0 Å². The van der Waals surface area contributed by atoms with Crippen LogP contribution in [0.25, 0.3) is 0 Å². The Bertz CT molecular complexity index is 549. The number of nitrogen functional groups attached to an aromatic ring is 1. The third-order valence-corrected chi connectivity index (χ3v) is 3.14. The van der Waals surface area contributed by atoms with Crippen LogP contribution in [0.15, 0.2) is 54.6 Å². The van der Waals surface area contributed by atoms with Gasteiger partial charge < -0.3 is 11.1 Å². The fourth-order valence-corrected chi connectivity index (χ4v) is 2.17. The highest BCUT2D eigenvalue weighted by atomic mass is 16.1. The number of benzene rings is 2. The third kappa shape index (κ3) is 4.43. The first-order valence-electron chi connectivity index (χ1n) is 6.81. The maximum Gasteiger partial charge on any atom is 0.224 e. The Balaban J connectivity index is 1.83. The summed E-state index contributed by atoms with van der Waals surface area (Å²) in [7, 11) is 0. The highest BCUT2D eigenvalue weighted by molar-refractivity contribution is 5.79. The van der Waals surface area contributed by atoms with Crippen LogP contribution in [0.1, 0.15) is 18.1 Å². The topological polar surface area (TPSA) is 55.1 Å². The number of hydrogen-bond acceptors (Lipinski definition) is 2. The monoisotopic (exact) mass is 268 g/mol. The van der Waals surface area contributed by atoms with Crippen molar-refractivity contribution in [3.05, 3.63) is 65.7 Å². The summed E-state index contributed by atoms with van der Waals surface area (Å²) in [5.41, 5.74) is 8.54. The van der Waals surface area contributed by atoms with Crippen molar-refractivity contribution < 1.29 is 4.79 Å². The van der Waals surface area contributed by atoms with Crippen LogP contribution in [-0.4, -0.2) is 11.9 Å². The number of carbonyl (C=O) groups excluding carboxylic acids is 1. The van der Waals surface area contributed by atoms with Crippen molar-refractivity contribution in [3.8, 4) is 0 Å². The quantitative estimate of drug-likeness (QED) is 0.819. The third-order valence-electron chi connectivity index (χ3n) is 3.14. The molecule has 2 aromatic carbocycles. The van der Waals surface area contributed by atoms with Crippen LogP contribution in [0.3, 0.4) is 0 Å². The number of amides is 1. The molecule has 0 fully saturated rings. The van der Waals surface area contributed by atoms with Gasteiger partial charge in [-0.1, -0.05) is 42.5 Å². The van der Waals surface area contributed by atoms with Crippen LogP contribution >= 0.6 is 0 Å². The van der Waals surface area contributed by atoms with Crippen molar-refractivity contribution in [1.82, 2.24) is 5.32 Å². The number of rotatable bonds is 5. The Morgan fingerprint density at radius 1 is 1.05 bits per heavy atom. The van der Waals surface area contributed by atoms with E-state index in [-0.39, 0.29) is 11.9 Å². The SMILES string of the molecule is CC(Cc1ccccc1)NC(=O)Cc1ccc(N)cc1. The molecule has 2 rings (SSSR count). The first-order chi connectivity index (χ1) is 9.63. The lowest BCUT2D eigenvalue weighted by Gasteiger charge is -2.14. The summed E-state index contributed by atoms with van der Waals surface area (Å²) in [6, 6.07) is 17.7. The van der Waals surface area contributed by atoms with Crippen molar-refractivity contribution in [1.29, 1.82) is 0 Å². The highest BCUT2D eigenvalue weighted by Gasteiger charge is 2.08. The lowest BCUT2D eigenvalue weighted by molar-refractivity contribution is -0.121. The molecular weight excluding hydrogens is 248 g/mol. The van der Waals surface area contributed by atoms with E-state index in [4.69, 9.17) is 5.73 Å². The lowest BCUT2D eigenvalue weighted by Crippen LogP contribution is -2.35. The molecule has 3 N–H and O–H groups in total. The summed E-state index contributed by atoms with van der Waals surface area (Å²) in [6.07, 6.45) is 1.23. The van der Waals surface area contributed by atoms with Gasteiger partial charge in [-0.2, -0.15) is 0 Å². The molecule has 0 heterocycles. The van der Waals surface area contributed by atoms with E-state index in [1.165, 1.54) is 5.56 Å². The van der Waals surface area contributed by atoms with Gasteiger partial charge in [-0.25, -0.2) is 0 Å². The summed E-state index contributed by atoms with van der Waals surface area (Å²) < 4.78 is 0. The standard InChI is InChI=1S/C17H20N2O/c1-13(11-14-5-3-2-4-6-14)19-17(20)12-15-7-9-16(18)10-8-15/h2-10,13H,11-12,18H2,1H3,(H,19,20). The molecule has 0 aliphatic rings. The van der Waals surface area contributed by atoms with Crippen LogP contribution in [0.2, 0.25) is 0 Å². The minimum atomic E-state index is 0.0400. The first-order valence-corrected chi connectivity index (χ1v) is 6.81. The van der Waals surface area contributed by atoms with Gasteiger partial charge in [0.15, 0.2) is 0 Å². The summed E-state index contributed by atoms with van der Waals surface area (Å²) >= 11 is 0. The minimum Gasteiger partial charge on any atom is -0.399 e. The normalized spacial score (nSPS) is 11.8. The van der Waals surface area contributed by atoms with Crippen LogP contribution < -0.4 is 11.1 Å². The van der Waals surface area contributed by atoms with E-state index < -0.39 is 0 Å². The van der Waals surface area contributed by atoms with E-state index in [1.807, 2.05) is 49.4 Å². The molecule has 0 bridgehead atoms. The molecule has 2 aromatic rings. The molecule has 3 nitrogen and oxygen atoms in total. The van der Waals surface area contributed by atoms with E-state index in [0.29, 0.717) is 12.1 Å². The molecule has 0 aliphatic heterocycles. The Morgan fingerprint density at radius 2 is 1.70 bits per heavy atom. The van der Waals surface area contributed by atoms with Crippen molar-refractivity contribution in [2.75, 3.05) is 5.73 Å². The number of hydrogen-bond donors (Lipinski definition) is 2. The van der Waals surface area contributed by atoms with E-state index in [0.717, 1.165) is 12.0 Å². The van der Waals surface area contributed by atoms with E-state index in [9.17, 15) is 4.79 Å². The molecule has 104 valence electrons. The molecule has 3 heteroatoms. The molecule has 0 saturated carbocycles. The average molecular weight is 268 g/mol. The van der Waals surface area contributed by atoms with Crippen molar-refractivity contribution >= 4 is 11.6 Å². The van der Waals surface area contributed by atoms with Gasteiger partial charge in [0.05, 0.1) is 6.42 Å². The number of nitrogens with two attached hydrogens (primary N) is 1. The van der Waals surface area contributed by atoms with Crippen LogP contribution in [0.4, 0.5) is 5.69 Å². The molecule has 1 amide bonds. The van der Waals surface area contributed by atoms with Gasteiger partial charge in [-0.15, -0.1) is 0 Å². The van der Waals surface area contributed by atoms with Gasteiger partial charge in [0.2, 0.25) is 5.91 Å². The van der Waals surface area contributed by atoms with Gasteiger partial charge >= 0.3 is 0 Å². The van der Waals surface area contributed by atoms with Gasteiger partial charge in [-0.05, 0) is 36.6 Å². The second-order valence-electron chi connectivity index (χ2n) is 5.08. The van der Waals surface area contributed by atoms with Gasteiger partial charge in [0.1, 0.15) is 0 Å². The predicted octanol–water partition coefficient (Wildman–Crippen LogP) is 2.56. The number of nitrogens with one attached hydrogen (secondary N) is 1. The van der Waals surface area contributed by atoms with Gasteiger partial charge in [0.25, 0.3) is 0 Å². The predicted molar refractivity (Wildman–Crippen MR) is 82.3 cm³/mol. The largest absolute Gasteiger partial charge is 0.399 e. The second-order valence-corrected chi connectivity index (χ2v) is 5.08. The number of anilines is 1.